The number of aromatic nitrogens is 1. The maximum atomic E-state index is 13.9. The van der Waals surface area contributed by atoms with Gasteiger partial charge in [-0.3, -0.25) is 10.1 Å². The Morgan fingerprint density at radius 1 is 1.48 bits per heavy atom. The molecular weight excluding hydrogens is 343 g/mol. The van der Waals surface area contributed by atoms with Crippen LogP contribution in [0.5, 0.6) is 0 Å². The van der Waals surface area contributed by atoms with E-state index in [1.165, 1.54) is 12.1 Å². The highest BCUT2D eigenvalue weighted by Crippen LogP contribution is 2.38. The lowest BCUT2D eigenvalue weighted by molar-refractivity contribution is 0.209. The van der Waals surface area contributed by atoms with Crippen LogP contribution in [0.2, 0.25) is 0 Å². The van der Waals surface area contributed by atoms with Crippen LogP contribution in [0.4, 0.5) is 14.9 Å². The second-order valence-corrected chi connectivity index (χ2v) is 5.92. The lowest BCUT2D eigenvalue weighted by Gasteiger charge is -2.15. The number of benzene rings is 1. The third kappa shape index (κ3) is 2.31. The fourth-order valence-electron chi connectivity index (χ4n) is 2.53. The zero-order valence-electron chi connectivity index (χ0n) is 11.1. The molecule has 0 saturated heterocycles. The van der Waals surface area contributed by atoms with Crippen LogP contribution >= 0.6 is 15.9 Å². The minimum Gasteiger partial charge on any atom is -0.465 e. The van der Waals surface area contributed by atoms with Gasteiger partial charge in [-0.05, 0) is 53.4 Å². The number of halogens is 2. The zero-order chi connectivity index (χ0) is 15.3. The molecule has 110 valence electrons. The second-order valence-electron chi connectivity index (χ2n) is 5.13. The first-order valence-corrected chi connectivity index (χ1v) is 7.23. The summed E-state index contributed by atoms with van der Waals surface area (Å²) < 4.78 is 15.8. The predicted octanol–water partition coefficient (Wildman–Crippen LogP) is 3.64. The molecule has 1 amide bonds. The highest BCUT2D eigenvalue weighted by atomic mass is 79.9. The number of carbonyl (C=O) groups is 1. The van der Waals surface area contributed by atoms with E-state index in [0.717, 1.165) is 12.8 Å². The summed E-state index contributed by atoms with van der Waals surface area (Å²) >= 11 is 3.19. The van der Waals surface area contributed by atoms with E-state index in [0.29, 0.717) is 20.9 Å². The summed E-state index contributed by atoms with van der Waals surface area (Å²) in [5.41, 5.74) is 0.833. The van der Waals surface area contributed by atoms with Crippen LogP contribution in [0.3, 0.4) is 0 Å². The van der Waals surface area contributed by atoms with E-state index in [4.69, 9.17) is 5.11 Å². The second kappa shape index (κ2) is 4.84. The summed E-state index contributed by atoms with van der Waals surface area (Å²) in [4.78, 5) is 23.3. The normalized spacial score (nSPS) is 14.4. The van der Waals surface area contributed by atoms with Crippen molar-refractivity contribution in [2.24, 2.45) is 0 Å². The molecule has 21 heavy (non-hydrogen) atoms. The van der Waals surface area contributed by atoms with Gasteiger partial charge in [-0.15, -0.1) is 0 Å². The van der Waals surface area contributed by atoms with Gasteiger partial charge in [0.15, 0.2) is 0 Å². The molecule has 0 atom stereocenters. The SMILES string of the molecule is Cc1c(Br)c(F)cc2cc(NC(=O)O)c(=O)n(C3CC3)c12. The van der Waals surface area contributed by atoms with Crippen molar-refractivity contribution in [3.8, 4) is 0 Å². The van der Waals surface area contributed by atoms with Gasteiger partial charge in [0, 0.05) is 11.4 Å². The first-order valence-electron chi connectivity index (χ1n) is 6.44. The molecule has 7 heteroatoms. The number of fused-ring (bicyclic) bond motifs is 1. The quantitative estimate of drug-likeness (QED) is 0.864. The smallest absolute Gasteiger partial charge is 0.409 e. The molecule has 1 heterocycles. The van der Waals surface area contributed by atoms with Crippen LogP contribution in [-0.2, 0) is 0 Å². The number of hydrogen-bond acceptors (Lipinski definition) is 2. The minimum absolute atomic E-state index is 0.0478. The molecule has 2 aromatic rings. The fraction of sp³-hybridized carbons (Fsp3) is 0.286. The van der Waals surface area contributed by atoms with Gasteiger partial charge in [-0.2, -0.15) is 0 Å². The number of nitrogens with zero attached hydrogens (tertiary/aromatic N) is 1. The Morgan fingerprint density at radius 2 is 2.14 bits per heavy atom. The lowest BCUT2D eigenvalue weighted by atomic mass is 10.1. The number of aryl methyl sites for hydroxylation is 1. The number of amides is 1. The Hall–Kier alpha value is -1.89. The van der Waals surface area contributed by atoms with Gasteiger partial charge in [-0.1, -0.05) is 0 Å². The number of hydrogen-bond donors (Lipinski definition) is 2. The molecule has 0 aliphatic heterocycles. The van der Waals surface area contributed by atoms with Crippen LogP contribution in [0.15, 0.2) is 21.4 Å². The van der Waals surface area contributed by atoms with Crippen LogP contribution in [-0.4, -0.2) is 15.8 Å². The molecule has 1 aliphatic carbocycles. The standard InChI is InChI=1S/C14H12BrFN2O3/c1-6-11(15)9(16)4-7-5-10(17-14(20)21)13(19)18(12(6)7)8-2-3-8/h4-5,8,17H,2-3H2,1H3,(H,20,21). The van der Waals surface area contributed by atoms with Gasteiger partial charge in [0.2, 0.25) is 0 Å². The summed E-state index contributed by atoms with van der Waals surface area (Å²) in [5, 5.41) is 11.4. The van der Waals surface area contributed by atoms with Crippen LogP contribution in [0, 0.1) is 12.7 Å². The van der Waals surface area contributed by atoms with Gasteiger partial charge in [0.05, 0.1) is 9.99 Å². The van der Waals surface area contributed by atoms with Crippen molar-refractivity contribution in [1.82, 2.24) is 4.57 Å². The number of carboxylic acid groups (broad SMARTS) is 1. The van der Waals surface area contributed by atoms with E-state index in [1.54, 1.807) is 11.5 Å². The first-order chi connectivity index (χ1) is 9.90. The van der Waals surface area contributed by atoms with Crippen LogP contribution < -0.4 is 10.9 Å². The summed E-state index contributed by atoms with van der Waals surface area (Å²) in [6.07, 6.45) is 0.406. The van der Waals surface area contributed by atoms with Crippen molar-refractivity contribution in [3.05, 3.63) is 38.3 Å². The van der Waals surface area contributed by atoms with E-state index in [1.807, 2.05) is 0 Å². The van der Waals surface area contributed by atoms with Gasteiger partial charge in [-0.25, -0.2) is 9.18 Å². The molecule has 0 unspecified atom stereocenters. The molecule has 1 aliphatic rings. The van der Waals surface area contributed by atoms with Crippen molar-refractivity contribution in [2.75, 3.05) is 5.32 Å². The summed E-state index contributed by atoms with van der Waals surface area (Å²) in [5.74, 6) is -0.442. The van der Waals surface area contributed by atoms with E-state index >= 15 is 0 Å². The number of pyridine rings is 1. The number of rotatable bonds is 2. The molecular formula is C14H12BrFN2O3. The highest BCUT2D eigenvalue weighted by molar-refractivity contribution is 9.10. The van der Waals surface area contributed by atoms with Crippen molar-refractivity contribution < 1.29 is 14.3 Å². The maximum Gasteiger partial charge on any atom is 0.409 e. The molecule has 1 aromatic heterocycles. The topological polar surface area (TPSA) is 71.3 Å². The lowest BCUT2D eigenvalue weighted by Crippen LogP contribution is -2.25. The number of nitrogens with one attached hydrogen (secondary N) is 1. The Kier molecular flexibility index (Phi) is 3.24. The maximum absolute atomic E-state index is 13.9. The monoisotopic (exact) mass is 354 g/mol. The molecule has 1 fully saturated rings. The fourth-order valence-corrected chi connectivity index (χ4v) is 2.83. The molecule has 1 saturated carbocycles. The van der Waals surface area contributed by atoms with Gasteiger partial charge in [0.1, 0.15) is 11.5 Å². The van der Waals surface area contributed by atoms with E-state index < -0.39 is 17.5 Å². The Morgan fingerprint density at radius 3 is 2.71 bits per heavy atom. The third-order valence-corrected chi connectivity index (χ3v) is 4.57. The summed E-state index contributed by atoms with van der Waals surface area (Å²) in [6, 6.07) is 2.73. The third-order valence-electron chi connectivity index (χ3n) is 3.59. The zero-order valence-corrected chi connectivity index (χ0v) is 12.7. The molecule has 3 rings (SSSR count). The van der Waals surface area contributed by atoms with Crippen LogP contribution in [0.1, 0.15) is 24.4 Å². The Labute approximate surface area is 127 Å². The molecule has 5 nitrogen and oxygen atoms in total. The first kappa shape index (κ1) is 14.1. The van der Waals surface area contributed by atoms with Crippen molar-refractivity contribution in [2.45, 2.75) is 25.8 Å². The van der Waals surface area contributed by atoms with E-state index in [9.17, 15) is 14.0 Å². The van der Waals surface area contributed by atoms with Gasteiger partial charge in [0.25, 0.3) is 5.56 Å². The molecule has 0 radical (unpaired) electrons. The van der Waals surface area contributed by atoms with Crippen molar-refractivity contribution >= 4 is 38.6 Å². The molecule has 0 bridgehead atoms. The minimum atomic E-state index is -1.32. The number of anilines is 1. The highest BCUT2D eigenvalue weighted by Gasteiger charge is 2.29. The molecule has 1 aromatic carbocycles. The van der Waals surface area contributed by atoms with E-state index in [-0.39, 0.29) is 11.7 Å². The van der Waals surface area contributed by atoms with Crippen LogP contribution in [0.25, 0.3) is 10.9 Å². The predicted molar refractivity (Wildman–Crippen MR) is 80.5 cm³/mol. The van der Waals surface area contributed by atoms with Gasteiger partial charge >= 0.3 is 6.09 Å². The van der Waals surface area contributed by atoms with Gasteiger partial charge < -0.3 is 9.67 Å². The largest absolute Gasteiger partial charge is 0.465 e. The summed E-state index contributed by atoms with van der Waals surface area (Å²) in [6.45, 7) is 1.73. The molecule has 0 spiro atoms. The van der Waals surface area contributed by atoms with Crippen molar-refractivity contribution in [3.63, 3.8) is 0 Å². The summed E-state index contributed by atoms with van der Waals surface area (Å²) in [7, 11) is 0. The Bertz CT molecular complexity index is 827. The average molecular weight is 355 g/mol. The van der Waals surface area contributed by atoms with E-state index in [2.05, 4.69) is 21.2 Å². The average Bonchev–Trinajstić information content (AvgIpc) is 3.22. The van der Waals surface area contributed by atoms with Crippen molar-refractivity contribution in [1.29, 1.82) is 0 Å². The molecule has 2 N–H and O–H groups in total. The Balaban J connectivity index is 2.40.